The lowest BCUT2D eigenvalue weighted by atomic mass is 10.5. The molecule has 4 nitrogen and oxygen atoms in total. The fourth-order valence-corrected chi connectivity index (χ4v) is 0.166. The molecule has 0 heterocycles. The highest BCUT2D eigenvalue weighted by molar-refractivity contribution is 5.36. The van der Waals surface area contributed by atoms with Gasteiger partial charge in [0.1, 0.15) is 0 Å². The van der Waals surface area contributed by atoms with Gasteiger partial charge < -0.3 is 9.84 Å². The summed E-state index contributed by atoms with van der Waals surface area (Å²) in [4.78, 5) is 17.7. The van der Waals surface area contributed by atoms with Crippen LogP contribution in [-0.2, 0) is 14.3 Å². The molecule has 1 N–H and O–H groups in total. The van der Waals surface area contributed by atoms with Crippen molar-refractivity contribution in [3.63, 3.8) is 0 Å². The second kappa shape index (κ2) is 15.8. The van der Waals surface area contributed by atoms with E-state index < -0.39 is 0 Å². The number of carbonyl (C=O) groups is 2. The van der Waals surface area contributed by atoms with Crippen molar-refractivity contribution in [3.8, 4) is 0 Å². The van der Waals surface area contributed by atoms with Crippen LogP contribution in [0.5, 0.6) is 0 Å². The molecule has 0 aliphatic rings. The Morgan fingerprint density at radius 1 is 1.56 bits per heavy atom. The van der Waals surface area contributed by atoms with Crippen molar-refractivity contribution >= 4 is 12.9 Å². The van der Waals surface area contributed by atoms with Gasteiger partial charge in [-0.2, -0.15) is 0 Å². The molecule has 0 amide bonds. The molecule has 0 rings (SSSR count). The highest BCUT2D eigenvalue weighted by Gasteiger charge is 1.71. The molecule has 0 aromatic carbocycles. The van der Waals surface area contributed by atoms with E-state index in [1.165, 1.54) is 0 Å². The molecule has 0 radical (unpaired) electrons. The third-order valence-electron chi connectivity index (χ3n) is 0.390. The summed E-state index contributed by atoms with van der Waals surface area (Å²) in [7, 11) is 0. The first-order valence-electron chi connectivity index (χ1n) is 2.46. The molecule has 0 aromatic heterocycles. The Morgan fingerprint density at radius 3 is 2.11 bits per heavy atom. The number of hydrogen-bond donors (Lipinski definition) is 1. The van der Waals surface area contributed by atoms with Gasteiger partial charge in [0.2, 0.25) is 0 Å². The van der Waals surface area contributed by atoms with Gasteiger partial charge in [0.05, 0.1) is 6.61 Å². The van der Waals surface area contributed by atoms with Crippen molar-refractivity contribution in [1.82, 2.24) is 0 Å². The van der Waals surface area contributed by atoms with Crippen molar-refractivity contribution < 1.29 is 19.4 Å². The lowest BCUT2D eigenvalue weighted by molar-refractivity contribution is -0.128. The van der Waals surface area contributed by atoms with Crippen LogP contribution < -0.4 is 0 Å². The van der Waals surface area contributed by atoms with Crippen LogP contribution in [0, 0.1) is 0 Å². The van der Waals surface area contributed by atoms with E-state index in [0.717, 1.165) is 6.42 Å². The summed E-state index contributed by atoms with van der Waals surface area (Å²) >= 11 is 0. The molecule has 0 saturated carbocycles. The molecule has 0 aromatic rings. The minimum Gasteiger partial charge on any atom is -0.483 e. The molecule has 9 heavy (non-hydrogen) atoms. The molecule has 54 valence electrons. The van der Waals surface area contributed by atoms with Gasteiger partial charge in [0.15, 0.2) is 0 Å². The summed E-state index contributed by atoms with van der Waals surface area (Å²) in [6.07, 6.45) is 0.902. The fraction of sp³-hybridized carbons (Fsp3) is 0.600. The molecule has 0 saturated heterocycles. The highest BCUT2D eigenvalue weighted by atomic mass is 16.5. The zero-order chi connectivity index (χ0) is 7.54. The third-order valence-corrected chi connectivity index (χ3v) is 0.390. The predicted octanol–water partition coefficient (Wildman–Crippen LogP) is 0.270. The normalized spacial score (nSPS) is 6.33. The van der Waals surface area contributed by atoms with Crippen LogP contribution in [0.3, 0.4) is 0 Å². The van der Waals surface area contributed by atoms with Crippen LogP contribution in [0.1, 0.15) is 13.3 Å². The van der Waals surface area contributed by atoms with E-state index >= 15 is 0 Å². The third kappa shape index (κ3) is 45.0. The molecule has 0 unspecified atom stereocenters. The summed E-state index contributed by atoms with van der Waals surface area (Å²) in [6.45, 7) is 2.70. The Labute approximate surface area is 53.4 Å². The van der Waals surface area contributed by atoms with Gasteiger partial charge >= 0.3 is 0 Å². The van der Waals surface area contributed by atoms with E-state index in [0.29, 0.717) is 13.1 Å². The Hall–Kier alpha value is -1.06. The summed E-state index contributed by atoms with van der Waals surface area (Å²) in [5.41, 5.74) is 0. The van der Waals surface area contributed by atoms with Crippen molar-refractivity contribution in [3.05, 3.63) is 0 Å². The maximum absolute atomic E-state index is 9.34. The Kier molecular flexibility index (Phi) is 19.0. The van der Waals surface area contributed by atoms with E-state index in [-0.39, 0.29) is 6.47 Å². The number of hydrogen-bond acceptors (Lipinski definition) is 3. The van der Waals surface area contributed by atoms with Crippen LogP contribution in [-0.4, -0.2) is 24.7 Å². The van der Waals surface area contributed by atoms with Crippen molar-refractivity contribution in [1.29, 1.82) is 0 Å². The zero-order valence-electron chi connectivity index (χ0n) is 5.24. The molecule has 0 atom stereocenters. The molecule has 0 spiro atoms. The summed E-state index contributed by atoms with van der Waals surface area (Å²) in [5, 5.41) is 6.89. The Morgan fingerprint density at radius 2 is 2.00 bits per heavy atom. The molecular formula is C5H10O4. The quantitative estimate of drug-likeness (QED) is 0.444. The average molecular weight is 134 g/mol. The molecular weight excluding hydrogens is 124 g/mol. The Balaban J connectivity index is 0. The van der Waals surface area contributed by atoms with Crippen LogP contribution in [0.2, 0.25) is 0 Å². The SMILES string of the molecule is CCCOC=O.O=CO. The zero-order valence-corrected chi connectivity index (χ0v) is 5.24. The summed E-state index contributed by atoms with van der Waals surface area (Å²) in [6, 6.07) is 0. The standard InChI is InChI=1S/C4H8O2.CH2O2/c1-2-3-6-4-5;2-1-3/h4H,2-3H2,1H3;1H,(H,2,3). The van der Waals surface area contributed by atoms with Crippen LogP contribution >= 0.6 is 0 Å². The van der Waals surface area contributed by atoms with Gasteiger partial charge in [-0.1, -0.05) is 6.92 Å². The minimum atomic E-state index is -0.250. The van der Waals surface area contributed by atoms with E-state index in [9.17, 15) is 4.79 Å². The maximum atomic E-state index is 9.34. The lowest BCUT2D eigenvalue weighted by Gasteiger charge is -1.86. The topological polar surface area (TPSA) is 63.6 Å². The molecule has 4 heteroatoms. The first-order chi connectivity index (χ1) is 4.33. The monoisotopic (exact) mass is 134 g/mol. The van der Waals surface area contributed by atoms with Crippen molar-refractivity contribution in [2.75, 3.05) is 6.61 Å². The second-order valence-corrected chi connectivity index (χ2v) is 1.07. The number of rotatable bonds is 3. The summed E-state index contributed by atoms with van der Waals surface area (Å²) < 4.78 is 4.30. The molecule has 0 fully saturated rings. The van der Waals surface area contributed by atoms with Crippen molar-refractivity contribution in [2.45, 2.75) is 13.3 Å². The maximum Gasteiger partial charge on any atom is 0.293 e. The number of ether oxygens (including phenoxy) is 1. The van der Waals surface area contributed by atoms with E-state index in [1.54, 1.807) is 0 Å². The van der Waals surface area contributed by atoms with E-state index in [1.807, 2.05) is 6.92 Å². The van der Waals surface area contributed by atoms with Gasteiger partial charge in [-0.25, -0.2) is 0 Å². The summed E-state index contributed by atoms with van der Waals surface area (Å²) in [5.74, 6) is 0. The number of carbonyl (C=O) groups excluding carboxylic acids is 1. The molecule has 0 aliphatic carbocycles. The molecule has 0 bridgehead atoms. The van der Waals surface area contributed by atoms with E-state index in [2.05, 4.69) is 4.74 Å². The smallest absolute Gasteiger partial charge is 0.293 e. The fourth-order valence-electron chi connectivity index (χ4n) is 0.166. The average Bonchev–Trinajstić information content (AvgIpc) is 1.86. The largest absolute Gasteiger partial charge is 0.483 e. The van der Waals surface area contributed by atoms with Gasteiger partial charge in [-0.15, -0.1) is 0 Å². The van der Waals surface area contributed by atoms with Gasteiger partial charge in [-0.3, -0.25) is 9.59 Å². The first kappa shape index (κ1) is 10.8. The molecule has 0 aliphatic heterocycles. The lowest BCUT2D eigenvalue weighted by Crippen LogP contribution is -1.86. The van der Waals surface area contributed by atoms with Crippen LogP contribution in [0.25, 0.3) is 0 Å². The second-order valence-electron chi connectivity index (χ2n) is 1.07. The minimum absolute atomic E-state index is 0.250. The van der Waals surface area contributed by atoms with Gasteiger partial charge in [-0.05, 0) is 6.42 Å². The Bertz CT molecular complexity index is 62.0. The van der Waals surface area contributed by atoms with Crippen molar-refractivity contribution in [2.24, 2.45) is 0 Å². The van der Waals surface area contributed by atoms with Gasteiger partial charge in [0.25, 0.3) is 12.9 Å². The van der Waals surface area contributed by atoms with E-state index in [4.69, 9.17) is 9.90 Å². The predicted molar refractivity (Wildman–Crippen MR) is 31.0 cm³/mol. The highest BCUT2D eigenvalue weighted by Crippen LogP contribution is 1.71. The first-order valence-corrected chi connectivity index (χ1v) is 2.46. The van der Waals surface area contributed by atoms with Crippen LogP contribution in [0.15, 0.2) is 0 Å². The van der Waals surface area contributed by atoms with Crippen LogP contribution in [0.4, 0.5) is 0 Å². The van der Waals surface area contributed by atoms with Gasteiger partial charge in [0, 0.05) is 0 Å². The number of carboxylic acid groups (broad SMARTS) is 1.